The smallest absolute Gasteiger partial charge is 0.229 e. The van der Waals surface area contributed by atoms with Crippen LogP contribution in [-0.4, -0.2) is 32.6 Å². The van der Waals surface area contributed by atoms with Crippen molar-refractivity contribution in [3.63, 3.8) is 0 Å². The van der Waals surface area contributed by atoms with Gasteiger partial charge in [-0.25, -0.2) is 0 Å². The summed E-state index contributed by atoms with van der Waals surface area (Å²) in [6.45, 7) is 2.42. The third-order valence-corrected chi connectivity index (χ3v) is 5.18. The van der Waals surface area contributed by atoms with Crippen LogP contribution in [0.4, 0.5) is 11.4 Å². The van der Waals surface area contributed by atoms with E-state index in [0.29, 0.717) is 28.8 Å². The van der Waals surface area contributed by atoms with Crippen LogP contribution in [0.2, 0.25) is 5.02 Å². The molecule has 1 heterocycles. The van der Waals surface area contributed by atoms with Gasteiger partial charge in [0.1, 0.15) is 11.5 Å². The maximum atomic E-state index is 12.8. The normalized spacial score (nSPS) is 16.2. The standard InChI is InChI=1S/C21H23ClN2O4/c1-4-13-5-7-15(8-6-13)24-12-14(9-20(24)25)21(26)23-17-11-18(27-2)16(22)10-19(17)28-3/h5-8,10-11,14H,4,9,12H2,1-3H3,(H,23,26). The number of aryl methyl sites for hydroxylation is 1. The summed E-state index contributed by atoms with van der Waals surface area (Å²) < 4.78 is 10.5. The summed E-state index contributed by atoms with van der Waals surface area (Å²) >= 11 is 6.10. The van der Waals surface area contributed by atoms with Crippen molar-refractivity contribution in [3.8, 4) is 11.5 Å². The van der Waals surface area contributed by atoms with E-state index in [0.717, 1.165) is 12.1 Å². The van der Waals surface area contributed by atoms with Gasteiger partial charge in [-0.15, -0.1) is 0 Å². The number of nitrogens with zero attached hydrogens (tertiary/aromatic N) is 1. The van der Waals surface area contributed by atoms with Crippen LogP contribution in [0, 0.1) is 5.92 Å². The molecule has 0 radical (unpaired) electrons. The largest absolute Gasteiger partial charge is 0.495 e. The highest BCUT2D eigenvalue weighted by atomic mass is 35.5. The molecule has 2 aromatic carbocycles. The first-order valence-corrected chi connectivity index (χ1v) is 9.46. The molecule has 1 unspecified atom stereocenters. The van der Waals surface area contributed by atoms with E-state index < -0.39 is 5.92 Å². The minimum absolute atomic E-state index is 0.0648. The van der Waals surface area contributed by atoms with Crippen molar-refractivity contribution < 1.29 is 19.1 Å². The zero-order valence-corrected chi connectivity index (χ0v) is 16.9. The van der Waals surface area contributed by atoms with E-state index >= 15 is 0 Å². The number of halogens is 1. The van der Waals surface area contributed by atoms with Gasteiger partial charge in [0.15, 0.2) is 0 Å². The molecule has 0 aromatic heterocycles. The average molecular weight is 403 g/mol. The SMILES string of the molecule is CCc1ccc(N2CC(C(=O)Nc3cc(OC)c(Cl)cc3OC)CC2=O)cc1. The number of hydrogen-bond acceptors (Lipinski definition) is 4. The van der Waals surface area contributed by atoms with Crippen LogP contribution in [0.15, 0.2) is 36.4 Å². The van der Waals surface area contributed by atoms with Crippen LogP contribution in [-0.2, 0) is 16.0 Å². The molecular weight excluding hydrogens is 380 g/mol. The van der Waals surface area contributed by atoms with Crippen molar-refractivity contribution in [2.45, 2.75) is 19.8 Å². The molecule has 148 valence electrons. The quantitative estimate of drug-likeness (QED) is 0.795. The molecule has 2 aromatic rings. The van der Waals surface area contributed by atoms with E-state index in [2.05, 4.69) is 12.2 Å². The first-order valence-electron chi connectivity index (χ1n) is 9.08. The molecule has 0 aliphatic carbocycles. The van der Waals surface area contributed by atoms with Gasteiger partial charge in [0.25, 0.3) is 0 Å². The minimum Gasteiger partial charge on any atom is -0.495 e. The van der Waals surface area contributed by atoms with Gasteiger partial charge < -0.3 is 19.7 Å². The van der Waals surface area contributed by atoms with Crippen LogP contribution < -0.4 is 19.7 Å². The molecule has 1 aliphatic rings. The second-order valence-electron chi connectivity index (χ2n) is 6.60. The number of methoxy groups -OCH3 is 2. The van der Waals surface area contributed by atoms with Crippen molar-refractivity contribution in [3.05, 3.63) is 47.0 Å². The Labute approximate surface area is 169 Å². The molecule has 28 heavy (non-hydrogen) atoms. The second-order valence-corrected chi connectivity index (χ2v) is 7.01. The maximum Gasteiger partial charge on any atom is 0.229 e. The molecule has 3 rings (SSSR count). The minimum atomic E-state index is -0.454. The van der Waals surface area contributed by atoms with Gasteiger partial charge in [0, 0.05) is 30.8 Å². The van der Waals surface area contributed by atoms with Crippen molar-refractivity contribution in [2.75, 3.05) is 31.0 Å². The molecule has 0 saturated carbocycles. The number of benzene rings is 2. The van der Waals surface area contributed by atoms with Crippen molar-refractivity contribution >= 4 is 34.8 Å². The van der Waals surface area contributed by atoms with Gasteiger partial charge in [0.2, 0.25) is 11.8 Å². The number of ether oxygens (including phenoxy) is 2. The lowest BCUT2D eigenvalue weighted by Crippen LogP contribution is -2.28. The molecule has 0 bridgehead atoms. The highest BCUT2D eigenvalue weighted by molar-refractivity contribution is 6.32. The summed E-state index contributed by atoms with van der Waals surface area (Å²) in [4.78, 5) is 26.9. The second kappa shape index (κ2) is 8.52. The predicted molar refractivity (Wildman–Crippen MR) is 109 cm³/mol. The van der Waals surface area contributed by atoms with Crippen LogP contribution in [0.5, 0.6) is 11.5 Å². The molecular formula is C21H23ClN2O4. The van der Waals surface area contributed by atoms with Gasteiger partial charge in [-0.2, -0.15) is 0 Å². The topological polar surface area (TPSA) is 67.9 Å². The van der Waals surface area contributed by atoms with Crippen molar-refractivity contribution in [1.82, 2.24) is 0 Å². The Morgan fingerprint density at radius 3 is 2.46 bits per heavy atom. The summed E-state index contributed by atoms with van der Waals surface area (Å²) in [5.74, 6) is 0.0897. The lowest BCUT2D eigenvalue weighted by molar-refractivity contribution is -0.122. The Bertz CT molecular complexity index is 883. The van der Waals surface area contributed by atoms with E-state index in [-0.39, 0.29) is 18.2 Å². The van der Waals surface area contributed by atoms with Gasteiger partial charge in [-0.3, -0.25) is 9.59 Å². The first kappa shape index (κ1) is 20.0. The van der Waals surface area contributed by atoms with E-state index in [9.17, 15) is 9.59 Å². The lowest BCUT2D eigenvalue weighted by Gasteiger charge is -2.18. The summed E-state index contributed by atoms with van der Waals surface area (Å²) in [6, 6.07) is 11.0. The maximum absolute atomic E-state index is 12.8. The Hall–Kier alpha value is -2.73. The number of rotatable bonds is 6. The molecule has 1 aliphatic heterocycles. The molecule has 1 N–H and O–H groups in total. The van der Waals surface area contributed by atoms with E-state index in [1.165, 1.54) is 19.8 Å². The molecule has 0 spiro atoms. The summed E-state index contributed by atoms with van der Waals surface area (Å²) in [7, 11) is 2.99. The molecule has 6 nitrogen and oxygen atoms in total. The fraction of sp³-hybridized carbons (Fsp3) is 0.333. The Morgan fingerprint density at radius 1 is 1.18 bits per heavy atom. The van der Waals surface area contributed by atoms with Gasteiger partial charge in [-0.05, 0) is 24.1 Å². The molecule has 1 saturated heterocycles. The summed E-state index contributed by atoms with van der Waals surface area (Å²) in [5.41, 5.74) is 2.46. The third kappa shape index (κ3) is 4.07. The molecule has 7 heteroatoms. The number of carbonyl (C=O) groups is 2. The van der Waals surface area contributed by atoms with Gasteiger partial charge in [-0.1, -0.05) is 30.7 Å². The Balaban J connectivity index is 1.74. The van der Waals surface area contributed by atoms with E-state index in [1.54, 1.807) is 17.0 Å². The summed E-state index contributed by atoms with van der Waals surface area (Å²) in [6.07, 6.45) is 1.10. The summed E-state index contributed by atoms with van der Waals surface area (Å²) in [5, 5.41) is 3.22. The van der Waals surface area contributed by atoms with Crippen LogP contribution in [0.1, 0.15) is 18.9 Å². The fourth-order valence-corrected chi connectivity index (χ4v) is 3.47. The highest BCUT2D eigenvalue weighted by Gasteiger charge is 2.35. The fourth-order valence-electron chi connectivity index (χ4n) is 3.24. The Morgan fingerprint density at radius 2 is 1.86 bits per heavy atom. The van der Waals surface area contributed by atoms with Crippen LogP contribution in [0.3, 0.4) is 0 Å². The molecule has 2 amide bonds. The zero-order chi connectivity index (χ0) is 20.3. The van der Waals surface area contributed by atoms with Crippen LogP contribution >= 0.6 is 11.6 Å². The van der Waals surface area contributed by atoms with Gasteiger partial charge >= 0.3 is 0 Å². The Kier molecular flexibility index (Phi) is 6.09. The van der Waals surface area contributed by atoms with Crippen LogP contribution in [0.25, 0.3) is 0 Å². The zero-order valence-electron chi connectivity index (χ0n) is 16.1. The van der Waals surface area contributed by atoms with E-state index in [1.807, 2.05) is 24.3 Å². The number of carbonyl (C=O) groups excluding carboxylic acids is 2. The van der Waals surface area contributed by atoms with E-state index in [4.69, 9.17) is 21.1 Å². The number of anilines is 2. The predicted octanol–water partition coefficient (Wildman–Crippen LogP) is 3.91. The number of amides is 2. The monoisotopic (exact) mass is 402 g/mol. The molecule has 1 atom stereocenters. The molecule has 1 fully saturated rings. The van der Waals surface area contributed by atoms with Crippen molar-refractivity contribution in [2.24, 2.45) is 5.92 Å². The number of hydrogen-bond donors (Lipinski definition) is 1. The number of nitrogens with one attached hydrogen (secondary N) is 1. The first-order chi connectivity index (χ1) is 13.5. The third-order valence-electron chi connectivity index (χ3n) is 4.88. The van der Waals surface area contributed by atoms with Gasteiger partial charge in [0.05, 0.1) is 30.8 Å². The average Bonchev–Trinajstić information content (AvgIpc) is 3.10. The lowest BCUT2D eigenvalue weighted by atomic mass is 10.1. The highest BCUT2D eigenvalue weighted by Crippen LogP contribution is 2.36. The van der Waals surface area contributed by atoms with Crippen molar-refractivity contribution in [1.29, 1.82) is 0 Å².